The number of hydrogen-bond donors (Lipinski definition) is 0. The molecule has 1 aliphatic carbocycles. The Morgan fingerprint density at radius 2 is 1.00 bits per heavy atom. The van der Waals surface area contributed by atoms with Crippen LogP contribution >= 0.6 is 0 Å². The first-order valence-electron chi connectivity index (χ1n) is 7.02. The minimum atomic E-state index is -1.42. The molecule has 0 fully saturated rings. The van der Waals surface area contributed by atoms with Crippen molar-refractivity contribution in [1.82, 2.24) is 9.35 Å². The van der Waals surface area contributed by atoms with Crippen molar-refractivity contribution in [2.45, 2.75) is 39.3 Å². The molecule has 0 aromatic heterocycles. The first kappa shape index (κ1) is 16.9. The van der Waals surface area contributed by atoms with E-state index in [1.807, 2.05) is 24.3 Å². The first-order chi connectivity index (χ1) is 9.01. The molecule has 0 unspecified atom stereocenters. The molecule has 20 heavy (non-hydrogen) atoms. The molecule has 0 radical (unpaired) electrons. The highest BCUT2D eigenvalue weighted by Crippen LogP contribution is 2.11. The molecule has 4 nitrogen and oxygen atoms in total. The summed E-state index contributed by atoms with van der Waals surface area (Å²) >= 11 is 0. The Labute approximate surface area is 125 Å². The summed E-state index contributed by atoms with van der Waals surface area (Å²) in [6.45, 7) is 13.7. The third-order valence-corrected chi connectivity index (χ3v) is 7.42. The van der Waals surface area contributed by atoms with E-state index in [9.17, 15) is 0 Å². The summed E-state index contributed by atoms with van der Waals surface area (Å²) in [5.74, 6) is 0. The molecule has 0 saturated heterocycles. The van der Waals surface area contributed by atoms with E-state index < -0.39 is 16.5 Å². The van der Waals surface area contributed by atoms with Crippen molar-refractivity contribution >= 4 is 27.9 Å². The summed E-state index contributed by atoms with van der Waals surface area (Å²) in [5.41, 5.74) is 1.89. The summed E-state index contributed by atoms with van der Waals surface area (Å²) in [6.07, 6.45) is 8.11. The number of allylic oxidation sites excluding steroid dienone is 4. The van der Waals surface area contributed by atoms with Crippen LogP contribution in [0.2, 0.25) is 39.3 Å². The molecule has 0 amide bonds. The maximum absolute atomic E-state index is 4.76. The van der Waals surface area contributed by atoms with Gasteiger partial charge in [0.1, 0.15) is 11.4 Å². The molecule has 0 aliphatic heterocycles. The fourth-order valence-electron chi connectivity index (χ4n) is 1.26. The fraction of sp³-hybridized carbons (Fsp3) is 0.571. The van der Waals surface area contributed by atoms with Gasteiger partial charge < -0.3 is 9.35 Å². The second-order valence-corrected chi connectivity index (χ2v) is 17.1. The molecule has 0 aromatic carbocycles. The molecule has 0 spiro atoms. The maximum Gasteiger partial charge on any atom is 0.169 e. The molecule has 0 N–H and O–H groups in total. The maximum atomic E-state index is 4.76. The Morgan fingerprint density at radius 3 is 1.25 bits per heavy atom. The summed E-state index contributed by atoms with van der Waals surface area (Å²) in [7, 11) is 1.28. The van der Waals surface area contributed by atoms with Gasteiger partial charge in [-0.25, -0.2) is 0 Å². The van der Waals surface area contributed by atoms with E-state index in [1.165, 1.54) is 0 Å². The van der Waals surface area contributed by atoms with Gasteiger partial charge in [0.15, 0.2) is 16.5 Å². The van der Waals surface area contributed by atoms with Crippen molar-refractivity contribution in [2.75, 3.05) is 14.1 Å². The molecule has 0 aromatic rings. The van der Waals surface area contributed by atoms with Crippen LogP contribution in [0.3, 0.4) is 0 Å². The van der Waals surface area contributed by atoms with Gasteiger partial charge in [0.25, 0.3) is 0 Å². The number of rotatable bonds is 4. The second kappa shape index (κ2) is 6.09. The molecule has 0 heterocycles. The molecular formula is C14H28N4Si2. The van der Waals surface area contributed by atoms with Crippen LogP contribution in [0.4, 0.5) is 0 Å². The highest BCUT2D eigenvalue weighted by Gasteiger charge is 2.22. The first-order valence-corrected chi connectivity index (χ1v) is 13.9. The van der Waals surface area contributed by atoms with Crippen molar-refractivity contribution in [3.05, 3.63) is 24.3 Å². The normalized spacial score (nSPS) is 19.8. The van der Waals surface area contributed by atoms with Crippen LogP contribution in [0.25, 0.3) is 0 Å². The molecule has 0 atom stereocenters. The van der Waals surface area contributed by atoms with E-state index in [1.54, 1.807) is 0 Å². The van der Waals surface area contributed by atoms with Crippen molar-refractivity contribution in [1.29, 1.82) is 0 Å². The van der Waals surface area contributed by atoms with Gasteiger partial charge in [-0.15, -0.1) is 0 Å². The molecular weight excluding hydrogens is 280 g/mol. The summed E-state index contributed by atoms with van der Waals surface area (Å²) in [4.78, 5) is 0. The van der Waals surface area contributed by atoms with Crippen LogP contribution in [0.1, 0.15) is 0 Å². The minimum Gasteiger partial charge on any atom is -0.327 e. The van der Waals surface area contributed by atoms with Gasteiger partial charge in [0.05, 0.1) is 0 Å². The lowest BCUT2D eigenvalue weighted by atomic mass is 10.1. The lowest BCUT2D eigenvalue weighted by Gasteiger charge is -2.30. The van der Waals surface area contributed by atoms with Gasteiger partial charge in [-0.3, -0.25) is 0 Å². The average molecular weight is 309 g/mol. The van der Waals surface area contributed by atoms with Crippen LogP contribution in [0.15, 0.2) is 34.5 Å². The van der Waals surface area contributed by atoms with Gasteiger partial charge in [-0.05, 0) is 12.2 Å². The largest absolute Gasteiger partial charge is 0.327 e. The average Bonchev–Trinajstić information content (AvgIpc) is 2.29. The number of hydrazone groups is 2. The predicted octanol–water partition coefficient (Wildman–Crippen LogP) is 3.36. The quantitative estimate of drug-likeness (QED) is 0.453. The Bertz CT molecular complexity index is 421. The predicted molar refractivity (Wildman–Crippen MR) is 95.4 cm³/mol. The molecule has 112 valence electrons. The highest BCUT2D eigenvalue weighted by atomic mass is 28.3. The Balaban J connectivity index is 3.06. The highest BCUT2D eigenvalue weighted by molar-refractivity contribution is 6.74. The Hall–Kier alpha value is -1.15. The summed E-state index contributed by atoms with van der Waals surface area (Å²) < 4.78 is 4.24. The third kappa shape index (κ3) is 4.75. The molecule has 0 saturated carbocycles. The van der Waals surface area contributed by atoms with Gasteiger partial charge >= 0.3 is 0 Å². The fourth-order valence-corrected chi connectivity index (χ4v) is 2.07. The third-order valence-electron chi connectivity index (χ3n) is 3.34. The van der Waals surface area contributed by atoms with Gasteiger partial charge in [0.2, 0.25) is 0 Å². The number of nitrogens with zero attached hydrogens (tertiary/aromatic N) is 4. The van der Waals surface area contributed by atoms with E-state index in [0.717, 1.165) is 11.4 Å². The molecule has 0 bridgehead atoms. The molecule has 6 heteroatoms. The van der Waals surface area contributed by atoms with Crippen molar-refractivity contribution < 1.29 is 0 Å². The molecule has 1 aliphatic rings. The van der Waals surface area contributed by atoms with Crippen LogP contribution in [-0.4, -0.2) is 51.3 Å². The molecule has 1 rings (SSSR count). The Kier molecular flexibility index (Phi) is 5.15. The summed E-state index contributed by atoms with van der Waals surface area (Å²) in [6, 6.07) is 0. The standard InChI is InChI=1S/C14H28N4Si2/c1-17(19(3,4)5)15-13-11-9-10-12-14(13)16-18(2)20(6,7)8/h9-12H,1-8H3. The minimum absolute atomic E-state index is 0.947. The van der Waals surface area contributed by atoms with Crippen LogP contribution in [0.5, 0.6) is 0 Å². The topological polar surface area (TPSA) is 31.2 Å². The zero-order chi connectivity index (χ0) is 15.6. The summed E-state index contributed by atoms with van der Waals surface area (Å²) in [5, 5.41) is 9.51. The van der Waals surface area contributed by atoms with E-state index in [4.69, 9.17) is 10.2 Å². The lowest BCUT2D eigenvalue weighted by Crippen LogP contribution is -2.42. The second-order valence-electron chi connectivity index (χ2n) is 7.08. The van der Waals surface area contributed by atoms with Crippen molar-refractivity contribution in [3.8, 4) is 0 Å². The van der Waals surface area contributed by atoms with Gasteiger partial charge in [-0.1, -0.05) is 51.4 Å². The number of hydrogen-bond acceptors (Lipinski definition) is 4. The van der Waals surface area contributed by atoms with Crippen LogP contribution in [0, 0.1) is 0 Å². The van der Waals surface area contributed by atoms with Crippen molar-refractivity contribution in [2.24, 2.45) is 10.2 Å². The van der Waals surface area contributed by atoms with E-state index >= 15 is 0 Å². The van der Waals surface area contributed by atoms with Crippen LogP contribution in [-0.2, 0) is 0 Å². The monoisotopic (exact) mass is 308 g/mol. The van der Waals surface area contributed by atoms with Crippen molar-refractivity contribution in [3.63, 3.8) is 0 Å². The lowest BCUT2D eigenvalue weighted by molar-refractivity contribution is 0.544. The zero-order valence-corrected chi connectivity index (χ0v) is 16.1. The Morgan fingerprint density at radius 1 is 0.700 bits per heavy atom. The van der Waals surface area contributed by atoms with Crippen LogP contribution < -0.4 is 0 Å². The van der Waals surface area contributed by atoms with Gasteiger partial charge in [-0.2, -0.15) is 10.2 Å². The van der Waals surface area contributed by atoms with E-state index in [2.05, 4.69) is 62.7 Å². The van der Waals surface area contributed by atoms with E-state index in [0.29, 0.717) is 0 Å². The smallest absolute Gasteiger partial charge is 0.169 e. The van der Waals surface area contributed by atoms with E-state index in [-0.39, 0.29) is 0 Å². The SMILES string of the molecule is CN(N=C1C=CC=CC1=NN(C)[Si](C)(C)C)[Si](C)(C)C. The zero-order valence-electron chi connectivity index (χ0n) is 14.1. The van der Waals surface area contributed by atoms with Gasteiger partial charge in [0, 0.05) is 14.1 Å².